The number of fused-ring (bicyclic) bond motifs is 1. The van der Waals surface area contributed by atoms with Crippen molar-refractivity contribution >= 4 is 5.91 Å². The molecule has 3 rings (SSSR count). The Bertz CT molecular complexity index is 679. The van der Waals surface area contributed by atoms with E-state index in [0.29, 0.717) is 18.0 Å². The fourth-order valence-electron chi connectivity index (χ4n) is 2.10. The second-order valence-corrected chi connectivity index (χ2v) is 4.89. The minimum atomic E-state index is -0.355. The monoisotopic (exact) mass is 285 g/mol. The molecule has 0 saturated carbocycles. The number of phenols is 1. The molecule has 0 aliphatic carbocycles. The zero-order chi connectivity index (χ0) is 14.8. The minimum Gasteiger partial charge on any atom is -0.507 e. The molecule has 2 N–H and O–H groups in total. The largest absolute Gasteiger partial charge is 0.507 e. The molecule has 0 radical (unpaired) electrons. The van der Waals surface area contributed by atoms with Crippen LogP contribution in [0.1, 0.15) is 21.5 Å². The summed E-state index contributed by atoms with van der Waals surface area (Å²) < 4.78 is 10.3. The van der Waals surface area contributed by atoms with Gasteiger partial charge in [0.25, 0.3) is 5.91 Å². The highest BCUT2D eigenvalue weighted by atomic mass is 16.7. The number of ether oxygens (including phenoxy) is 2. The fourth-order valence-corrected chi connectivity index (χ4v) is 2.10. The number of nitrogens with one attached hydrogen (secondary N) is 1. The van der Waals surface area contributed by atoms with Crippen molar-refractivity contribution in [2.45, 2.75) is 13.5 Å². The van der Waals surface area contributed by atoms with Crippen LogP contribution in [0.5, 0.6) is 17.2 Å². The molecule has 0 aromatic heterocycles. The number of hydrogen-bond acceptors (Lipinski definition) is 4. The summed E-state index contributed by atoms with van der Waals surface area (Å²) in [4.78, 5) is 12.1. The van der Waals surface area contributed by atoms with E-state index in [1.54, 1.807) is 0 Å². The van der Waals surface area contributed by atoms with Gasteiger partial charge in [-0.1, -0.05) is 29.8 Å². The molecule has 1 amide bonds. The molecular formula is C16H15NO4. The van der Waals surface area contributed by atoms with E-state index in [1.165, 1.54) is 17.7 Å². The lowest BCUT2D eigenvalue weighted by Crippen LogP contribution is -2.22. The summed E-state index contributed by atoms with van der Waals surface area (Å²) in [6, 6.07) is 10.8. The van der Waals surface area contributed by atoms with Crippen molar-refractivity contribution in [2.24, 2.45) is 0 Å². The van der Waals surface area contributed by atoms with E-state index >= 15 is 0 Å². The second-order valence-electron chi connectivity index (χ2n) is 4.89. The van der Waals surface area contributed by atoms with Crippen molar-refractivity contribution in [3.05, 3.63) is 53.1 Å². The van der Waals surface area contributed by atoms with Crippen LogP contribution in [0, 0.1) is 6.92 Å². The number of benzene rings is 2. The van der Waals surface area contributed by atoms with Crippen molar-refractivity contribution in [2.75, 3.05) is 6.79 Å². The van der Waals surface area contributed by atoms with E-state index in [4.69, 9.17) is 9.47 Å². The summed E-state index contributed by atoms with van der Waals surface area (Å²) in [5.74, 6) is 0.433. The quantitative estimate of drug-likeness (QED) is 0.908. The number of aromatic hydroxyl groups is 1. The van der Waals surface area contributed by atoms with Crippen LogP contribution in [-0.4, -0.2) is 17.8 Å². The van der Waals surface area contributed by atoms with Gasteiger partial charge in [-0.25, -0.2) is 0 Å². The predicted octanol–water partition coefficient (Wildman–Crippen LogP) is 2.36. The van der Waals surface area contributed by atoms with E-state index in [1.807, 2.05) is 31.2 Å². The Kier molecular flexibility index (Phi) is 3.39. The zero-order valence-electron chi connectivity index (χ0n) is 11.6. The summed E-state index contributed by atoms with van der Waals surface area (Å²) >= 11 is 0. The third-order valence-electron chi connectivity index (χ3n) is 3.31. The van der Waals surface area contributed by atoms with Crippen LogP contribution in [0.25, 0.3) is 0 Å². The molecule has 1 aliphatic heterocycles. The molecule has 5 heteroatoms. The number of carbonyl (C=O) groups excluding carboxylic acids is 1. The first-order valence-corrected chi connectivity index (χ1v) is 6.60. The van der Waals surface area contributed by atoms with Gasteiger partial charge in [-0.15, -0.1) is 0 Å². The van der Waals surface area contributed by atoms with Crippen LogP contribution >= 0.6 is 0 Å². The Labute approximate surface area is 122 Å². The van der Waals surface area contributed by atoms with E-state index in [0.717, 1.165) is 5.56 Å². The van der Waals surface area contributed by atoms with Gasteiger partial charge in [0.05, 0.1) is 5.56 Å². The van der Waals surface area contributed by atoms with Crippen LogP contribution in [0.4, 0.5) is 0 Å². The molecule has 0 spiro atoms. The molecular weight excluding hydrogens is 270 g/mol. The van der Waals surface area contributed by atoms with Gasteiger partial charge in [-0.3, -0.25) is 4.79 Å². The predicted molar refractivity (Wildman–Crippen MR) is 76.6 cm³/mol. The molecule has 0 saturated heterocycles. The van der Waals surface area contributed by atoms with Gasteiger partial charge < -0.3 is 19.9 Å². The Hall–Kier alpha value is -2.69. The second kappa shape index (κ2) is 5.36. The molecule has 1 aliphatic rings. The molecule has 0 unspecified atom stereocenters. The maximum Gasteiger partial charge on any atom is 0.255 e. The van der Waals surface area contributed by atoms with Gasteiger partial charge in [0.15, 0.2) is 11.5 Å². The molecule has 2 aromatic carbocycles. The molecule has 5 nitrogen and oxygen atoms in total. The average Bonchev–Trinajstić information content (AvgIpc) is 2.92. The Morgan fingerprint density at radius 3 is 2.57 bits per heavy atom. The maximum atomic E-state index is 12.1. The topological polar surface area (TPSA) is 67.8 Å². The third-order valence-corrected chi connectivity index (χ3v) is 3.31. The number of hydrogen-bond donors (Lipinski definition) is 2. The lowest BCUT2D eigenvalue weighted by Gasteiger charge is -2.08. The van der Waals surface area contributed by atoms with Crippen LogP contribution in [0.2, 0.25) is 0 Å². The average molecular weight is 285 g/mol. The van der Waals surface area contributed by atoms with Gasteiger partial charge in [-0.2, -0.15) is 0 Å². The number of carbonyl (C=O) groups is 1. The van der Waals surface area contributed by atoms with Gasteiger partial charge in [0, 0.05) is 18.7 Å². The van der Waals surface area contributed by atoms with Crippen molar-refractivity contribution in [3.63, 3.8) is 0 Å². The third kappa shape index (κ3) is 2.76. The normalized spacial score (nSPS) is 12.2. The Balaban J connectivity index is 1.72. The highest BCUT2D eigenvalue weighted by Gasteiger charge is 2.20. The molecule has 0 atom stereocenters. The standard InChI is InChI=1S/C16H15NO4/c1-10-2-4-11(5-3-10)8-17-16(19)12-6-14-15(7-13(12)18)21-9-20-14/h2-7,18H,8-9H2,1H3,(H,17,19). The summed E-state index contributed by atoms with van der Waals surface area (Å²) in [7, 11) is 0. The molecule has 0 bridgehead atoms. The van der Waals surface area contributed by atoms with E-state index in [-0.39, 0.29) is 24.0 Å². The van der Waals surface area contributed by atoms with Gasteiger partial charge in [0.2, 0.25) is 6.79 Å². The van der Waals surface area contributed by atoms with Crippen molar-refractivity contribution < 1.29 is 19.4 Å². The van der Waals surface area contributed by atoms with E-state index < -0.39 is 0 Å². The Morgan fingerprint density at radius 2 is 1.86 bits per heavy atom. The SMILES string of the molecule is Cc1ccc(CNC(=O)c2cc3c(cc2O)OCO3)cc1. The first kappa shape index (κ1) is 13.3. The van der Waals surface area contributed by atoms with Crippen LogP contribution in [-0.2, 0) is 6.54 Å². The number of amides is 1. The van der Waals surface area contributed by atoms with Crippen LogP contribution in [0.3, 0.4) is 0 Å². The van der Waals surface area contributed by atoms with Crippen molar-refractivity contribution in [3.8, 4) is 17.2 Å². The highest BCUT2D eigenvalue weighted by Crippen LogP contribution is 2.37. The lowest BCUT2D eigenvalue weighted by atomic mass is 10.1. The van der Waals surface area contributed by atoms with Gasteiger partial charge in [0.1, 0.15) is 5.75 Å². The maximum absolute atomic E-state index is 12.1. The minimum absolute atomic E-state index is 0.100. The number of phenolic OH excluding ortho intramolecular Hbond substituents is 1. The fraction of sp³-hybridized carbons (Fsp3) is 0.188. The van der Waals surface area contributed by atoms with Gasteiger partial charge in [-0.05, 0) is 12.5 Å². The summed E-state index contributed by atoms with van der Waals surface area (Å²) in [6.45, 7) is 2.50. The van der Waals surface area contributed by atoms with E-state index in [9.17, 15) is 9.90 Å². The molecule has 0 fully saturated rings. The summed E-state index contributed by atoms with van der Waals surface area (Å²) in [5.41, 5.74) is 2.33. The Morgan fingerprint density at radius 1 is 1.19 bits per heavy atom. The van der Waals surface area contributed by atoms with Gasteiger partial charge >= 0.3 is 0 Å². The van der Waals surface area contributed by atoms with E-state index in [2.05, 4.69) is 5.32 Å². The molecule has 108 valence electrons. The van der Waals surface area contributed by atoms with Crippen molar-refractivity contribution in [1.82, 2.24) is 5.32 Å². The molecule has 2 aromatic rings. The zero-order valence-corrected chi connectivity index (χ0v) is 11.6. The molecule has 1 heterocycles. The first-order valence-electron chi connectivity index (χ1n) is 6.60. The first-order chi connectivity index (χ1) is 10.1. The van der Waals surface area contributed by atoms with Crippen LogP contribution < -0.4 is 14.8 Å². The summed E-state index contributed by atoms with van der Waals surface area (Å²) in [6.07, 6.45) is 0. The molecule has 21 heavy (non-hydrogen) atoms. The number of rotatable bonds is 3. The van der Waals surface area contributed by atoms with Crippen LogP contribution in [0.15, 0.2) is 36.4 Å². The van der Waals surface area contributed by atoms with Crippen molar-refractivity contribution in [1.29, 1.82) is 0 Å². The lowest BCUT2D eigenvalue weighted by molar-refractivity contribution is 0.0948. The number of aryl methyl sites for hydroxylation is 1. The highest BCUT2D eigenvalue weighted by molar-refractivity contribution is 5.97. The smallest absolute Gasteiger partial charge is 0.255 e. The summed E-state index contributed by atoms with van der Waals surface area (Å²) in [5, 5.41) is 12.7.